The Bertz CT molecular complexity index is 840. The lowest BCUT2D eigenvalue weighted by atomic mass is 10.0. The fourth-order valence-electron chi connectivity index (χ4n) is 2.50. The second-order valence-corrected chi connectivity index (χ2v) is 8.53. The first kappa shape index (κ1) is 23.1. The van der Waals surface area contributed by atoms with Crippen molar-refractivity contribution in [3.63, 3.8) is 0 Å². The zero-order valence-corrected chi connectivity index (χ0v) is 17.3. The molecule has 0 aromatic heterocycles. The predicted molar refractivity (Wildman–Crippen MR) is 109 cm³/mol. The molecule has 0 saturated heterocycles. The largest absolute Gasteiger partial charge is 0.348 e. The maximum Gasteiger partial charge on any atom is 0.242 e. The maximum atomic E-state index is 12.3. The summed E-state index contributed by atoms with van der Waals surface area (Å²) in [6, 6.07) is 15.1. The maximum absolute atomic E-state index is 12.3. The van der Waals surface area contributed by atoms with E-state index in [9.17, 15) is 13.2 Å². The van der Waals surface area contributed by atoms with Crippen molar-refractivity contribution in [3.05, 3.63) is 65.7 Å². The molecule has 2 aromatic rings. The minimum absolute atomic E-state index is 0. The molecular formula is C19H26ClN3O3S. The number of carbonyl (C=O) groups is 1. The third-order valence-electron chi connectivity index (χ3n) is 4.15. The Kier molecular flexibility index (Phi) is 8.43. The monoisotopic (exact) mass is 411 g/mol. The third-order valence-corrected chi connectivity index (χ3v) is 5.98. The second-order valence-electron chi connectivity index (χ2n) is 6.38. The van der Waals surface area contributed by atoms with Crippen LogP contribution in [-0.2, 0) is 21.2 Å². The second kappa shape index (κ2) is 9.85. The van der Waals surface area contributed by atoms with Gasteiger partial charge in [0.2, 0.25) is 15.9 Å². The molecular weight excluding hydrogens is 386 g/mol. The van der Waals surface area contributed by atoms with Gasteiger partial charge in [-0.2, -0.15) is 0 Å². The highest BCUT2D eigenvalue weighted by Gasteiger charge is 2.19. The molecule has 6 nitrogen and oxygen atoms in total. The molecule has 0 heterocycles. The molecule has 8 heteroatoms. The first-order chi connectivity index (χ1) is 12.2. The van der Waals surface area contributed by atoms with Gasteiger partial charge in [-0.3, -0.25) is 4.79 Å². The minimum Gasteiger partial charge on any atom is -0.348 e. The van der Waals surface area contributed by atoms with E-state index in [1.54, 1.807) is 12.1 Å². The number of carbonyl (C=O) groups excluding carboxylic acids is 1. The van der Waals surface area contributed by atoms with Gasteiger partial charge in [0.15, 0.2) is 0 Å². The number of halogens is 1. The number of hydrogen-bond acceptors (Lipinski definition) is 4. The molecule has 0 radical (unpaired) electrons. The van der Waals surface area contributed by atoms with Crippen molar-refractivity contribution >= 4 is 28.3 Å². The van der Waals surface area contributed by atoms with Gasteiger partial charge in [0.1, 0.15) is 0 Å². The van der Waals surface area contributed by atoms with Gasteiger partial charge in [-0.25, -0.2) is 12.7 Å². The number of nitrogens with zero attached hydrogens (tertiary/aromatic N) is 1. The standard InChI is InChI=1S/C19H25N3O3S.ClH/c1-14(16-9-11-17(12-10-16)26(24,25)22(2)3)21-19(23)18(20)13-15-7-5-4-6-8-15;/h4-12,14,18H,13,20H2,1-3H3,(H,21,23);1H. The van der Waals surface area contributed by atoms with Crippen molar-refractivity contribution < 1.29 is 13.2 Å². The van der Waals surface area contributed by atoms with Crippen molar-refractivity contribution in [2.45, 2.75) is 30.3 Å². The topological polar surface area (TPSA) is 92.5 Å². The molecule has 2 unspecified atom stereocenters. The van der Waals surface area contributed by atoms with Crippen LogP contribution < -0.4 is 11.1 Å². The van der Waals surface area contributed by atoms with Gasteiger partial charge in [-0.1, -0.05) is 42.5 Å². The van der Waals surface area contributed by atoms with Gasteiger partial charge in [0, 0.05) is 14.1 Å². The summed E-state index contributed by atoms with van der Waals surface area (Å²) in [5, 5.41) is 2.87. The molecule has 1 amide bonds. The van der Waals surface area contributed by atoms with Crippen molar-refractivity contribution in [1.82, 2.24) is 9.62 Å². The Balaban J connectivity index is 0.00000364. The molecule has 3 N–H and O–H groups in total. The van der Waals surface area contributed by atoms with Crippen LogP contribution in [0.25, 0.3) is 0 Å². The van der Waals surface area contributed by atoms with Crippen LogP contribution in [-0.4, -0.2) is 38.8 Å². The van der Waals surface area contributed by atoms with Crippen LogP contribution in [0.3, 0.4) is 0 Å². The molecule has 0 bridgehead atoms. The Morgan fingerprint density at radius 3 is 2.15 bits per heavy atom. The number of nitrogens with one attached hydrogen (secondary N) is 1. The summed E-state index contributed by atoms with van der Waals surface area (Å²) in [6.07, 6.45) is 0.458. The van der Waals surface area contributed by atoms with Crippen molar-refractivity contribution in [1.29, 1.82) is 0 Å². The summed E-state index contributed by atoms with van der Waals surface area (Å²) in [4.78, 5) is 12.5. The summed E-state index contributed by atoms with van der Waals surface area (Å²) in [7, 11) is -0.492. The van der Waals surface area contributed by atoms with E-state index in [0.717, 1.165) is 15.4 Å². The van der Waals surface area contributed by atoms with E-state index in [4.69, 9.17) is 5.73 Å². The lowest BCUT2D eigenvalue weighted by molar-refractivity contribution is -0.123. The molecule has 0 aliphatic heterocycles. The smallest absolute Gasteiger partial charge is 0.242 e. The van der Waals surface area contributed by atoms with Crippen LogP contribution in [0.2, 0.25) is 0 Å². The first-order valence-electron chi connectivity index (χ1n) is 8.34. The predicted octanol–water partition coefficient (Wildman–Crippen LogP) is 2.11. The SMILES string of the molecule is CC(NC(=O)C(N)Cc1ccccc1)c1ccc(S(=O)(=O)N(C)C)cc1.Cl. The van der Waals surface area contributed by atoms with Crippen LogP contribution in [0.4, 0.5) is 0 Å². The molecule has 0 spiro atoms. The van der Waals surface area contributed by atoms with Crippen LogP contribution in [0, 0.1) is 0 Å². The molecule has 0 fully saturated rings. The number of hydrogen-bond donors (Lipinski definition) is 2. The Hall–Kier alpha value is -1.93. The molecule has 0 saturated carbocycles. The van der Waals surface area contributed by atoms with E-state index >= 15 is 0 Å². The molecule has 27 heavy (non-hydrogen) atoms. The summed E-state index contributed by atoms with van der Waals surface area (Å²) >= 11 is 0. The molecule has 148 valence electrons. The number of amides is 1. The molecule has 2 atom stereocenters. The van der Waals surface area contributed by atoms with E-state index in [-0.39, 0.29) is 29.3 Å². The number of rotatable bonds is 7. The zero-order chi connectivity index (χ0) is 19.3. The number of nitrogens with two attached hydrogens (primary N) is 1. The fourth-order valence-corrected chi connectivity index (χ4v) is 3.41. The first-order valence-corrected chi connectivity index (χ1v) is 9.78. The molecule has 0 aliphatic rings. The number of sulfonamides is 1. The lowest BCUT2D eigenvalue weighted by Crippen LogP contribution is -2.42. The van der Waals surface area contributed by atoms with Crippen LogP contribution in [0.1, 0.15) is 24.1 Å². The summed E-state index contributed by atoms with van der Waals surface area (Å²) < 4.78 is 25.3. The van der Waals surface area contributed by atoms with E-state index in [2.05, 4.69) is 5.32 Å². The summed E-state index contributed by atoms with van der Waals surface area (Å²) in [6.45, 7) is 1.84. The van der Waals surface area contributed by atoms with Crippen LogP contribution >= 0.6 is 12.4 Å². The fraction of sp³-hybridized carbons (Fsp3) is 0.316. The normalized spacial score (nSPS) is 13.5. The highest BCUT2D eigenvalue weighted by Crippen LogP contribution is 2.18. The quantitative estimate of drug-likeness (QED) is 0.729. The van der Waals surface area contributed by atoms with Gasteiger partial charge in [0.25, 0.3) is 0 Å². The summed E-state index contributed by atoms with van der Waals surface area (Å²) in [5.41, 5.74) is 7.80. The van der Waals surface area contributed by atoms with Gasteiger partial charge < -0.3 is 11.1 Å². The van der Waals surface area contributed by atoms with E-state index in [1.807, 2.05) is 37.3 Å². The van der Waals surface area contributed by atoms with Gasteiger partial charge in [-0.15, -0.1) is 12.4 Å². The van der Waals surface area contributed by atoms with Crippen LogP contribution in [0.15, 0.2) is 59.5 Å². The van der Waals surface area contributed by atoms with Crippen LogP contribution in [0.5, 0.6) is 0 Å². The summed E-state index contributed by atoms with van der Waals surface area (Å²) in [5.74, 6) is -0.244. The Morgan fingerprint density at radius 1 is 1.07 bits per heavy atom. The van der Waals surface area contributed by atoms with Crippen molar-refractivity contribution in [3.8, 4) is 0 Å². The molecule has 2 aromatic carbocycles. The zero-order valence-electron chi connectivity index (χ0n) is 15.6. The molecule has 2 rings (SSSR count). The highest BCUT2D eigenvalue weighted by molar-refractivity contribution is 7.89. The Morgan fingerprint density at radius 2 is 1.63 bits per heavy atom. The molecule has 0 aliphatic carbocycles. The van der Waals surface area contributed by atoms with Gasteiger partial charge >= 0.3 is 0 Å². The van der Waals surface area contributed by atoms with E-state index < -0.39 is 16.1 Å². The average molecular weight is 412 g/mol. The lowest BCUT2D eigenvalue weighted by Gasteiger charge is -2.19. The highest BCUT2D eigenvalue weighted by atomic mass is 35.5. The minimum atomic E-state index is -3.46. The van der Waals surface area contributed by atoms with E-state index in [0.29, 0.717) is 6.42 Å². The average Bonchev–Trinajstić information content (AvgIpc) is 2.62. The van der Waals surface area contributed by atoms with Crippen molar-refractivity contribution in [2.24, 2.45) is 5.73 Å². The van der Waals surface area contributed by atoms with Gasteiger partial charge in [-0.05, 0) is 36.6 Å². The Labute approximate surface area is 167 Å². The van der Waals surface area contributed by atoms with Crippen molar-refractivity contribution in [2.75, 3.05) is 14.1 Å². The van der Waals surface area contributed by atoms with Gasteiger partial charge in [0.05, 0.1) is 17.0 Å². The van der Waals surface area contributed by atoms with E-state index in [1.165, 1.54) is 26.2 Å². The number of benzene rings is 2. The third kappa shape index (κ3) is 6.04.